The van der Waals surface area contributed by atoms with Crippen LogP contribution in [0.3, 0.4) is 0 Å². The Kier molecular flexibility index (Phi) is 16.9. The Labute approximate surface area is 126 Å². The maximum atomic E-state index is 10.7. The van der Waals surface area contributed by atoms with Crippen LogP contribution in [0.2, 0.25) is 0 Å². The molecule has 0 unspecified atom stereocenters. The van der Waals surface area contributed by atoms with E-state index >= 15 is 0 Å². The van der Waals surface area contributed by atoms with Crippen LogP contribution in [0.4, 0.5) is 0 Å². The van der Waals surface area contributed by atoms with Crippen LogP contribution in [-0.4, -0.2) is 48.6 Å². The third kappa shape index (κ3) is 18.3. The van der Waals surface area contributed by atoms with Crippen molar-refractivity contribution in [3.63, 3.8) is 0 Å². The highest BCUT2D eigenvalue weighted by Gasteiger charge is 2.00. The molecule has 0 saturated heterocycles. The van der Waals surface area contributed by atoms with Gasteiger partial charge < -0.3 is 19.7 Å². The number of carbonyl (C=O) groups is 2. The van der Waals surface area contributed by atoms with Gasteiger partial charge in [-0.15, -0.1) is 0 Å². The first kappa shape index (κ1) is 21.6. The topological polar surface area (TPSA) is 93.1 Å². The molecule has 0 bridgehead atoms. The van der Waals surface area contributed by atoms with Gasteiger partial charge in [0.15, 0.2) is 0 Å². The molecular weight excluding hydrogens is 276 g/mol. The summed E-state index contributed by atoms with van der Waals surface area (Å²) in [4.78, 5) is 21.1. The van der Waals surface area contributed by atoms with Crippen LogP contribution < -0.4 is 0 Å². The fourth-order valence-corrected chi connectivity index (χ4v) is 0.947. The number of unbranched alkanes of at least 4 members (excludes halogenated alkanes) is 2. The summed E-state index contributed by atoms with van der Waals surface area (Å²) >= 11 is 0. The second-order valence-electron chi connectivity index (χ2n) is 4.15. The van der Waals surface area contributed by atoms with Crippen LogP contribution in [0.25, 0.3) is 0 Å². The van der Waals surface area contributed by atoms with Crippen molar-refractivity contribution in [1.82, 2.24) is 0 Å². The van der Waals surface area contributed by atoms with Gasteiger partial charge in [0.1, 0.15) is 0 Å². The number of rotatable bonds is 10. The van der Waals surface area contributed by atoms with Crippen LogP contribution >= 0.6 is 0 Å². The molecule has 0 aliphatic carbocycles. The van der Waals surface area contributed by atoms with Crippen molar-refractivity contribution in [2.24, 2.45) is 0 Å². The van der Waals surface area contributed by atoms with E-state index in [9.17, 15) is 9.59 Å². The van der Waals surface area contributed by atoms with E-state index in [0.717, 1.165) is 6.08 Å². The summed E-state index contributed by atoms with van der Waals surface area (Å²) in [6.07, 6.45) is 3.87. The van der Waals surface area contributed by atoms with E-state index in [1.54, 1.807) is 6.92 Å². The lowest BCUT2D eigenvalue weighted by atomic mass is 10.3. The van der Waals surface area contributed by atoms with Gasteiger partial charge in [-0.3, -0.25) is 0 Å². The molecule has 0 aromatic rings. The molecule has 0 aliphatic heterocycles. The molecule has 0 rings (SSSR count). The Bertz CT molecular complexity index is 311. The van der Waals surface area contributed by atoms with E-state index in [0.29, 0.717) is 44.5 Å². The van der Waals surface area contributed by atoms with Crippen LogP contribution in [0, 0.1) is 0 Å². The molecule has 0 radical (unpaired) electrons. The smallest absolute Gasteiger partial charge is 0.333 e. The Hall–Kier alpha value is -1.66. The predicted molar refractivity (Wildman–Crippen MR) is 79.6 cm³/mol. The molecule has 2 N–H and O–H groups in total. The van der Waals surface area contributed by atoms with Crippen molar-refractivity contribution in [2.45, 2.75) is 32.6 Å². The highest BCUT2D eigenvalue weighted by molar-refractivity contribution is 5.86. The lowest BCUT2D eigenvalue weighted by Gasteiger charge is -2.01. The van der Waals surface area contributed by atoms with E-state index in [2.05, 4.69) is 17.9 Å². The second-order valence-corrected chi connectivity index (χ2v) is 4.15. The zero-order chi connectivity index (χ0) is 16.5. The largest absolute Gasteiger partial charge is 0.463 e. The van der Waals surface area contributed by atoms with Crippen LogP contribution in [-0.2, 0) is 19.1 Å². The first-order valence-electron chi connectivity index (χ1n) is 6.83. The van der Waals surface area contributed by atoms with E-state index < -0.39 is 5.97 Å². The van der Waals surface area contributed by atoms with Gasteiger partial charge in [-0.25, -0.2) is 9.59 Å². The molecule has 0 aliphatic rings. The molecule has 0 aromatic heterocycles. The fraction of sp³-hybridized carbons (Fsp3) is 0.600. The van der Waals surface area contributed by atoms with Crippen LogP contribution in [0.1, 0.15) is 32.6 Å². The molecule has 0 amide bonds. The molecule has 0 atom stereocenters. The molecule has 0 heterocycles. The minimum absolute atomic E-state index is 0.143. The Balaban J connectivity index is 0. The third-order valence-electron chi connectivity index (χ3n) is 2.10. The molecule has 0 saturated carbocycles. The van der Waals surface area contributed by atoms with Gasteiger partial charge >= 0.3 is 11.9 Å². The van der Waals surface area contributed by atoms with Gasteiger partial charge in [-0.2, -0.15) is 0 Å². The minimum Gasteiger partial charge on any atom is -0.463 e. The summed E-state index contributed by atoms with van der Waals surface area (Å²) in [7, 11) is 0. The summed E-state index contributed by atoms with van der Waals surface area (Å²) in [6, 6.07) is 0. The third-order valence-corrected chi connectivity index (χ3v) is 2.10. The Morgan fingerprint density at radius 2 is 1.48 bits per heavy atom. The van der Waals surface area contributed by atoms with Crippen LogP contribution in [0.5, 0.6) is 0 Å². The van der Waals surface area contributed by atoms with E-state index in [1.807, 2.05) is 0 Å². The average Bonchev–Trinajstić information content (AvgIpc) is 2.48. The van der Waals surface area contributed by atoms with Crippen molar-refractivity contribution in [3.8, 4) is 0 Å². The minimum atomic E-state index is -0.405. The predicted octanol–water partition coefficient (Wildman–Crippen LogP) is 1.37. The number of hydrogen-bond donors (Lipinski definition) is 2. The number of aliphatic hydroxyl groups is 2. The number of ether oxygens (including phenoxy) is 2. The standard InChI is InChI=1S/C8H14O3.C7H12O3/c1-7(2)8(10)11-6-4-3-5-9;1-2-7(9)10-6-4-3-5-8/h9H,1,3-6H2,2H3;2,8H,1,3-6H2. The SMILES string of the molecule is C=C(C)C(=O)OCCCCO.C=CC(=O)OCCCCO. The highest BCUT2D eigenvalue weighted by atomic mass is 16.5. The van der Waals surface area contributed by atoms with Crippen LogP contribution in [0.15, 0.2) is 24.8 Å². The molecule has 6 heteroatoms. The number of hydrogen-bond acceptors (Lipinski definition) is 6. The van der Waals surface area contributed by atoms with Crippen molar-refractivity contribution < 1.29 is 29.3 Å². The summed E-state index contributed by atoms with van der Waals surface area (Å²) in [5, 5.41) is 16.7. The Morgan fingerprint density at radius 3 is 1.86 bits per heavy atom. The van der Waals surface area contributed by atoms with Gasteiger partial charge in [-0.1, -0.05) is 13.2 Å². The van der Waals surface area contributed by atoms with E-state index in [4.69, 9.17) is 14.9 Å². The zero-order valence-electron chi connectivity index (χ0n) is 12.7. The zero-order valence-corrected chi connectivity index (χ0v) is 12.7. The van der Waals surface area contributed by atoms with Gasteiger partial charge in [0.05, 0.1) is 13.2 Å². The normalized spacial score (nSPS) is 9.10. The molecule has 0 aromatic carbocycles. The first-order chi connectivity index (χ1) is 9.99. The van der Waals surface area contributed by atoms with Gasteiger partial charge in [0.2, 0.25) is 0 Å². The maximum absolute atomic E-state index is 10.7. The Morgan fingerprint density at radius 1 is 1.00 bits per heavy atom. The van der Waals surface area contributed by atoms with Crippen molar-refractivity contribution in [3.05, 3.63) is 24.8 Å². The van der Waals surface area contributed by atoms with Crippen molar-refractivity contribution in [1.29, 1.82) is 0 Å². The fourth-order valence-electron chi connectivity index (χ4n) is 0.947. The molecule has 0 spiro atoms. The van der Waals surface area contributed by atoms with Gasteiger partial charge in [0, 0.05) is 24.9 Å². The monoisotopic (exact) mass is 302 g/mol. The first-order valence-corrected chi connectivity index (χ1v) is 6.83. The van der Waals surface area contributed by atoms with Crippen molar-refractivity contribution >= 4 is 11.9 Å². The molecule has 0 fully saturated rings. The summed E-state index contributed by atoms with van der Waals surface area (Å²) < 4.78 is 9.38. The summed E-state index contributed by atoms with van der Waals surface area (Å²) in [5.41, 5.74) is 0.411. The summed E-state index contributed by atoms with van der Waals surface area (Å²) in [5.74, 6) is -0.763. The van der Waals surface area contributed by atoms with Gasteiger partial charge in [-0.05, 0) is 32.6 Å². The number of aliphatic hydroxyl groups excluding tert-OH is 2. The average molecular weight is 302 g/mol. The lowest BCUT2D eigenvalue weighted by Crippen LogP contribution is -2.06. The maximum Gasteiger partial charge on any atom is 0.333 e. The highest BCUT2D eigenvalue weighted by Crippen LogP contribution is 1.94. The molecule has 21 heavy (non-hydrogen) atoms. The number of carbonyl (C=O) groups excluding carboxylic acids is 2. The molecule has 6 nitrogen and oxygen atoms in total. The van der Waals surface area contributed by atoms with E-state index in [-0.39, 0.29) is 19.2 Å². The van der Waals surface area contributed by atoms with Gasteiger partial charge in [0.25, 0.3) is 0 Å². The van der Waals surface area contributed by atoms with Crippen molar-refractivity contribution in [2.75, 3.05) is 26.4 Å². The summed E-state index contributed by atoms with van der Waals surface area (Å²) in [6.45, 7) is 9.29. The quantitative estimate of drug-likeness (QED) is 0.360. The molecule has 122 valence electrons. The number of esters is 2. The molecular formula is C15H26O6. The van der Waals surface area contributed by atoms with E-state index in [1.165, 1.54) is 0 Å². The second kappa shape index (κ2) is 16.4. The lowest BCUT2D eigenvalue weighted by molar-refractivity contribution is -0.139.